The summed E-state index contributed by atoms with van der Waals surface area (Å²) in [7, 11) is 0. The van der Waals surface area contributed by atoms with E-state index in [4.69, 9.17) is 5.21 Å². The predicted octanol–water partition coefficient (Wildman–Crippen LogP) is 4.19. The average molecular weight is 405 g/mol. The minimum Gasteiger partial charge on any atom is -0.352 e. The number of rotatable bonds is 10. The van der Waals surface area contributed by atoms with E-state index in [-0.39, 0.29) is 18.2 Å². The van der Waals surface area contributed by atoms with E-state index < -0.39 is 0 Å². The predicted molar refractivity (Wildman–Crippen MR) is 112 cm³/mol. The lowest BCUT2D eigenvalue weighted by atomic mass is 10.1. The molecule has 0 aliphatic carbocycles. The van der Waals surface area contributed by atoms with Gasteiger partial charge in [-0.3, -0.25) is 14.8 Å². The van der Waals surface area contributed by atoms with Crippen LogP contribution in [0.5, 0.6) is 0 Å². The SMILES string of the molecule is CSc1ccc(C=C(C(=O)NCCCCCC(=O)NO)c2cccs2)cc1. The normalized spacial score (nSPS) is 11.3. The van der Waals surface area contributed by atoms with Crippen molar-refractivity contribution in [1.29, 1.82) is 0 Å². The van der Waals surface area contributed by atoms with Crippen molar-refractivity contribution in [3.05, 3.63) is 52.2 Å². The van der Waals surface area contributed by atoms with Gasteiger partial charge in [0.25, 0.3) is 5.91 Å². The highest BCUT2D eigenvalue weighted by molar-refractivity contribution is 7.98. The first-order valence-corrected chi connectivity index (χ1v) is 10.8. The molecule has 0 spiro atoms. The van der Waals surface area contributed by atoms with Crippen LogP contribution in [0.25, 0.3) is 11.6 Å². The second kappa shape index (κ2) is 11.6. The quantitative estimate of drug-likeness (QED) is 0.182. The maximum Gasteiger partial charge on any atom is 0.252 e. The summed E-state index contributed by atoms with van der Waals surface area (Å²) in [6.07, 6.45) is 6.50. The summed E-state index contributed by atoms with van der Waals surface area (Å²) < 4.78 is 0. The molecule has 0 aliphatic rings. The summed E-state index contributed by atoms with van der Waals surface area (Å²) in [5.41, 5.74) is 3.26. The van der Waals surface area contributed by atoms with Crippen LogP contribution in [0.15, 0.2) is 46.7 Å². The van der Waals surface area contributed by atoms with Crippen LogP contribution in [0, 0.1) is 0 Å². The van der Waals surface area contributed by atoms with Crippen LogP contribution in [0.2, 0.25) is 0 Å². The number of nitrogens with one attached hydrogen (secondary N) is 2. The highest BCUT2D eigenvalue weighted by Gasteiger charge is 2.13. The van der Waals surface area contributed by atoms with E-state index >= 15 is 0 Å². The van der Waals surface area contributed by atoms with Gasteiger partial charge in [0.05, 0.1) is 5.57 Å². The van der Waals surface area contributed by atoms with E-state index in [2.05, 4.69) is 5.32 Å². The van der Waals surface area contributed by atoms with E-state index in [1.807, 2.05) is 54.1 Å². The van der Waals surface area contributed by atoms with E-state index in [0.29, 0.717) is 18.5 Å². The summed E-state index contributed by atoms with van der Waals surface area (Å²) in [6, 6.07) is 12.0. The van der Waals surface area contributed by atoms with Gasteiger partial charge in [-0.1, -0.05) is 24.6 Å². The highest BCUT2D eigenvalue weighted by atomic mass is 32.2. The third kappa shape index (κ3) is 7.21. The number of hydrogen-bond acceptors (Lipinski definition) is 5. The largest absolute Gasteiger partial charge is 0.352 e. The first kappa shape index (κ1) is 21.2. The molecule has 5 nitrogen and oxygen atoms in total. The monoisotopic (exact) mass is 404 g/mol. The Hall–Kier alpha value is -2.09. The number of hydrogen-bond donors (Lipinski definition) is 3. The fourth-order valence-electron chi connectivity index (χ4n) is 2.49. The maximum atomic E-state index is 12.7. The number of thioether (sulfide) groups is 1. The summed E-state index contributed by atoms with van der Waals surface area (Å²) in [5, 5.41) is 13.4. The summed E-state index contributed by atoms with van der Waals surface area (Å²) >= 11 is 3.22. The number of carbonyl (C=O) groups is 2. The van der Waals surface area contributed by atoms with Crippen LogP contribution >= 0.6 is 23.1 Å². The van der Waals surface area contributed by atoms with Gasteiger partial charge >= 0.3 is 0 Å². The Morgan fingerprint density at radius 1 is 1.15 bits per heavy atom. The van der Waals surface area contributed by atoms with Crippen molar-refractivity contribution in [2.24, 2.45) is 0 Å². The molecule has 0 bridgehead atoms. The molecule has 0 aliphatic heterocycles. The Balaban J connectivity index is 1.94. The van der Waals surface area contributed by atoms with Crippen molar-refractivity contribution in [3.8, 4) is 0 Å². The Bertz CT molecular complexity index is 756. The molecule has 0 saturated heterocycles. The summed E-state index contributed by atoms with van der Waals surface area (Å²) in [6.45, 7) is 0.549. The van der Waals surface area contributed by atoms with Crippen LogP contribution in [0.3, 0.4) is 0 Å². The van der Waals surface area contributed by atoms with Gasteiger partial charge in [0.1, 0.15) is 0 Å². The molecule has 3 N–H and O–H groups in total. The Labute approximate surface area is 167 Å². The number of unbranched alkanes of at least 4 members (excludes halogenated alkanes) is 2. The van der Waals surface area contributed by atoms with Gasteiger partial charge in [0.2, 0.25) is 5.91 Å². The molecule has 0 unspecified atom stereocenters. The van der Waals surface area contributed by atoms with Crippen molar-refractivity contribution in [1.82, 2.24) is 10.8 Å². The molecule has 1 aromatic carbocycles. The van der Waals surface area contributed by atoms with Crippen LogP contribution in [-0.2, 0) is 9.59 Å². The van der Waals surface area contributed by atoms with Crippen LogP contribution < -0.4 is 10.8 Å². The van der Waals surface area contributed by atoms with Gasteiger partial charge in [0.15, 0.2) is 0 Å². The molecular weight excluding hydrogens is 380 g/mol. The standard InChI is InChI=1S/C20H24N2O3S2/c1-26-16-10-8-15(9-11-16)14-17(18-6-5-13-27-18)20(24)21-12-4-2-3-7-19(23)22-25/h5-6,8-11,13-14,25H,2-4,7,12H2,1H3,(H,21,24)(H,22,23). The molecule has 7 heteroatoms. The van der Waals surface area contributed by atoms with Gasteiger partial charge < -0.3 is 5.32 Å². The number of hydroxylamine groups is 1. The molecule has 1 aromatic heterocycles. The van der Waals surface area contributed by atoms with Crippen molar-refractivity contribution < 1.29 is 14.8 Å². The maximum absolute atomic E-state index is 12.7. The third-order valence-electron chi connectivity index (χ3n) is 3.95. The Morgan fingerprint density at radius 3 is 2.56 bits per heavy atom. The lowest BCUT2D eigenvalue weighted by Gasteiger charge is -2.08. The van der Waals surface area contributed by atoms with Gasteiger partial charge in [-0.05, 0) is 54.3 Å². The molecule has 2 aromatic rings. The molecule has 0 radical (unpaired) electrons. The minimum atomic E-state index is -0.380. The first-order chi connectivity index (χ1) is 13.1. The van der Waals surface area contributed by atoms with Gasteiger partial charge in [-0.15, -0.1) is 23.1 Å². The first-order valence-electron chi connectivity index (χ1n) is 8.75. The third-order valence-corrected chi connectivity index (χ3v) is 5.60. The lowest BCUT2D eigenvalue weighted by Crippen LogP contribution is -2.25. The van der Waals surface area contributed by atoms with E-state index in [1.54, 1.807) is 17.2 Å². The number of benzene rings is 1. The smallest absolute Gasteiger partial charge is 0.252 e. The zero-order chi connectivity index (χ0) is 19.5. The summed E-state index contributed by atoms with van der Waals surface area (Å²) in [4.78, 5) is 25.7. The number of amides is 2. The molecule has 0 saturated carbocycles. The molecule has 2 rings (SSSR count). The van der Waals surface area contributed by atoms with Crippen molar-refractivity contribution >= 4 is 46.6 Å². The molecule has 144 valence electrons. The zero-order valence-corrected chi connectivity index (χ0v) is 16.9. The van der Waals surface area contributed by atoms with Crippen molar-refractivity contribution in [2.45, 2.75) is 30.6 Å². The van der Waals surface area contributed by atoms with Crippen LogP contribution in [-0.4, -0.2) is 29.8 Å². The number of thiophene rings is 1. The van der Waals surface area contributed by atoms with Gasteiger partial charge in [-0.2, -0.15) is 0 Å². The average Bonchev–Trinajstić information content (AvgIpc) is 3.23. The second-order valence-corrected chi connectivity index (χ2v) is 7.74. The number of carbonyl (C=O) groups excluding carboxylic acids is 2. The van der Waals surface area contributed by atoms with E-state index in [1.165, 1.54) is 16.2 Å². The molecule has 1 heterocycles. The molecular formula is C20H24N2O3S2. The van der Waals surface area contributed by atoms with Crippen LogP contribution in [0.1, 0.15) is 36.1 Å². The molecule has 2 amide bonds. The molecule has 0 fully saturated rings. The topological polar surface area (TPSA) is 78.4 Å². The Morgan fingerprint density at radius 2 is 1.93 bits per heavy atom. The molecule has 27 heavy (non-hydrogen) atoms. The van der Waals surface area contributed by atoms with E-state index in [9.17, 15) is 9.59 Å². The highest BCUT2D eigenvalue weighted by Crippen LogP contribution is 2.24. The van der Waals surface area contributed by atoms with Gasteiger partial charge in [0, 0.05) is 22.7 Å². The lowest BCUT2D eigenvalue weighted by molar-refractivity contribution is -0.129. The molecule has 0 atom stereocenters. The van der Waals surface area contributed by atoms with E-state index in [0.717, 1.165) is 23.3 Å². The Kier molecular flexibility index (Phi) is 9.10. The van der Waals surface area contributed by atoms with Crippen molar-refractivity contribution in [2.75, 3.05) is 12.8 Å². The minimum absolute atomic E-state index is 0.0977. The zero-order valence-electron chi connectivity index (χ0n) is 15.2. The second-order valence-electron chi connectivity index (χ2n) is 5.91. The van der Waals surface area contributed by atoms with Crippen molar-refractivity contribution in [3.63, 3.8) is 0 Å². The fraction of sp³-hybridized carbons (Fsp3) is 0.300. The van der Waals surface area contributed by atoms with Crippen LogP contribution in [0.4, 0.5) is 0 Å². The summed E-state index contributed by atoms with van der Waals surface area (Å²) in [5.74, 6) is -0.478. The van der Waals surface area contributed by atoms with Gasteiger partial charge in [-0.25, -0.2) is 5.48 Å². The fourth-order valence-corrected chi connectivity index (χ4v) is 3.64.